The number of amides is 1. The van der Waals surface area contributed by atoms with E-state index in [0.717, 1.165) is 39.9 Å². The summed E-state index contributed by atoms with van der Waals surface area (Å²) in [5.41, 5.74) is 1.02. The van der Waals surface area contributed by atoms with E-state index in [1.54, 1.807) is 18.2 Å². The van der Waals surface area contributed by atoms with Gasteiger partial charge in [-0.1, -0.05) is 36.7 Å². The number of hydrogen-bond donors (Lipinski definition) is 3. The van der Waals surface area contributed by atoms with Crippen molar-refractivity contribution < 1.29 is 30.3 Å². The normalized spacial score (nSPS) is 15.2. The first-order valence-corrected chi connectivity index (χ1v) is 13.7. The van der Waals surface area contributed by atoms with Gasteiger partial charge in [-0.3, -0.25) is 4.79 Å². The summed E-state index contributed by atoms with van der Waals surface area (Å²) < 4.78 is 64.4. The van der Waals surface area contributed by atoms with Crippen molar-refractivity contribution in [3.63, 3.8) is 0 Å². The minimum atomic E-state index is -4.87. The average Bonchev–Trinajstić information content (AvgIpc) is 3.28. The van der Waals surface area contributed by atoms with Crippen LogP contribution in [0, 0.1) is 6.92 Å². The van der Waals surface area contributed by atoms with Gasteiger partial charge >= 0.3 is 0 Å². The molecular formula is C29H31ClN2O5S. The van der Waals surface area contributed by atoms with E-state index in [4.69, 9.17) is 18.5 Å². The van der Waals surface area contributed by atoms with Crippen LogP contribution in [0.1, 0.15) is 52.5 Å². The van der Waals surface area contributed by atoms with Crippen molar-refractivity contribution in [2.75, 3.05) is 18.9 Å². The number of hydrogen-bond acceptors (Lipinski definition) is 5. The van der Waals surface area contributed by atoms with E-state index in [1.165, 1.54) is 12.1 Å². The fourth-order valence-corrected chi connectivity index (χ4v) is 5.29. The van der Waals surface area contributed by atoms with Crippen LogP contribution in [0.15, 0.2) is 71.6 Å². The third kappa shape index (κ3) is 5.94. The Bertz CT molecular complexity index is 1760. The Morgan fingerprint density at radius 1 is 1.11 bits per heavy atom. The van der Waals surface area contributed by atoms with Gasteiger partial charge in [-0.2, -0.15) is 0 Å². The maximum atomic E-state index is 13.2. The lowest BCUT2D eigenvalue weighted by Gasteiger charge is -2.17. The summed E-state index contributed by atoms with van der Waals surface area (Å²) >= 11 is 6.11. The van der Waals surface area contributed by atoms with Crippen molar-refractivity contribution in [2.45, 2.75) is 37.7 Å². The summed E-state index contributed by atoms with van der Waals surface area (Å²) in [7, 11) is -4.87. The Kier molecular flexibility index (Phi) is 6.69. The number of fused-ring (bicyclic) bond motifs is 1. The standard InChI is InChI=1S/C29H31ClN2O5S/c1-3-38(36,37)26-9-5-20(6-10-26)27(18-34)31-29(35)22-7-11-28-23(15-22)17-25(32(28)12-13-33)16-21-4-8-24(30)14-19(21)2/h4-11,14-15,17,27,33-34H,3,12-13,16,18H2,1-2H3,(H,31,35)/t27-/m0/s1/i1D3,3D2. The van der Waals surface area contributed by atoms with Crippen molar-refractivity contribution in [3.05, 3.63) is 99.7 Å². The molecule has 200 valence electrons. The van der Waals surface area contributed by atoms with Crippen molar-refractivity contribution in [1.82, 2.24) is 9.88 Å². The van der Waals surface area contributed by atoms with Crippen LogP contribution >= 0.6 is 11.6 Å². The minimum absolute atomic E-state index is 0.0718. The number of aryl methyl sites for hydroxylation is 1. The van der Waals surface area contributed by atoms with Crippen molar-refractivity contribution in [3.8, 4) is 0 Å². The van der Waals surface area contributed by atoms with Crippen molar-refractivity contribution >= 4 is 38.2 Å². The molecule has 1 atom stereocenters. The molecule has 7 nitrogen and oxygen atoms in total. The molecule has 1 amide bonds. The molecule has 0 aliphatic heterocycles. The van der Waals surface area contributed by atoms with E-state index >= 15 is 0 Å². The molecule has 0 fully saturated rings. The Hall–Kier alpha value is -3.17. The van der Waals surface area contributed by atoms with Gasteiger partial charge in [-0.15, -0.1) is 0 Å². The molecule has 0 saturated heterocycles. The SMILES string of the molecule is [2H]C([2H])([2H])C([2H])([2H])S(=O)(=O)c1ccc([C@H](CO)NC(=O)c2ccc3c(c2)cc(Cc2ccc(Cl)cc2C)n3CCO)cc1. The van der Waals surface area contributed by atoms with E-state index in [0.29, 0.717) is 29.1 Å². The quantitative estimate of drug-likeness (QED) is 0.266. The maximum absolute atomic E-state index is 13.2. The summed E-state index contributed by atoms with van der Waals surface area (Å²) in [5, 5.41) is 23.8. The van der Waals surface area contributed by atoms with Gasteiger partial charge in [0.05, 0.1) is 29.9 Å². The molecule has 3 aromatic carbocycles. The Labute approximate surface area is 234 Å². The van der Waals surface area contributed by atoms with E-state index in [-0.39, 0.29) is 6.61 Å². The molecule has 1 aromatic heterocycles. The lowest BCUT2D eigenvalue weighted by atomic mass is 10.0. The number of nitrogens with zero attached hydrogens (tertiary/aromatic N) is 1. The van der Waals surface area contributed by atoms with Gasteiger partial charge in [0.2, 0.25) is 0 Å². The predicted molar refractivity (Wildman–Crippen MR) is 149 cm³/mol. The summed E-state index contributed by atoms with van der Waals surface area (Å²) in [6, 6.07) is 16.5. The van der Waals surface area contributed by atoms with E-state index in [1.807, 2.05) is 35.8 Å². The van der Waals surface area contributed by atoms with Crippen LogP contribution < -0.4 is 5.32 Å². The summed E-state index contributed by atoms with van der Waals surface area (Å²) in [4.78, 5) is 12.7. The number of aliphatic hydroxyl groups excluding tert-OH is 2. The molecule has 4 aromatic rings. The van der Waals surface area contributed by atoms with E-state index in [9.17, 15) is 23.4 Å². The molecule has 3 N–H and O–H groups in total. The third-order valence-corrected chi connectivity index (χ3v) is 7.86. The third-order valence-electron chi connectivity index (χ3n) is 6.46. The number of carbonyl (C=O) groups is 1. The Balaban J connectivity index is 1.57. The smallest absolute Gasteiger partial charge is 0.251 e. The van der Waals surface area contributed by atoms with E-state index < -0.39 is 45.8 Å². The number of rotatable bonds is 10. The van der Waals surface area contributed by atoms with Crippen molar-refractivity contribution in [1.29, 1.82) is 0 Å². The molecular weight excluding hydrogens is 524 g/mol. The zero-order chi connectivity index (χ0) is 31.7. The molecule has 0 spiro atoms. The highest BCUT2D eigenvalue weighted by Crippen LogP contribution is 2.26. The van der Waals surface area contributed by atoms with Gasteiger partial charge in [-0.25, -0.2) is 8.42 Å². The molecule has 0 aliphatic carbocycles. The van der Waals surface area contributed by atoms with Crippen molar-refractivity contribution in [2.24, 2.45) is 0 Å². The highest BCUT2D eigenvalue weighted by Gasteiger charge is 2.19. The number of sulfone groups is 1. The second kappa shape index (κ2) is 11.7. The van der Waals surface area contributed by atoms with Gasteiger partial charge in [0.1, 0.15) is 0 Å². The number of carbonyl (C=O) groups excluding carboxylic acids is 1. The summed E-state index contributed by atoms with van der Waals surface area (Å²) in [6.07, 6.45) is 0.589. The monoisotopic (exact) mass is 559 g/mol. The summed E-state index contributed by atoms with van der Waals surface area (Å²) in [6.45, 7) is -1.65. The minimum Gasteiger partial charge on any atom is -0.395 e. The van der Waals surface area contributed by atoms with Gasteiger partial charge in [0.25, 0.3) is 5.91 Å². The molecule has 0 radical (unpaired) electrons. The van der Waals surface area contributed by atoms with Crippen LogP contribution in [0.25, 0.3) is 10.9 Å². The fourth-order valence-electron chi connectivity index (χ4n) is 4.45. The predicted octanol–water partition coefficient (Wildman–Crippen LogP) is 4.44. The molecule has 4 rings (SSSR count). The topological polar surface area (TPSA) is 109 Å². The zero-order valence-corrected chi connectivity index (χ0v) is 22.2. The molecule has 38 heavy (non-hydrogen) atoms. The number of halogens is 1. The maximum Gasteiger partial charge on any atom is 0.251 e. The molecule has 0 bridgehead atoms. The van der Waals surface area contributed by atoms with Gasteiger partial charge in [0.15, 0.2) is 9.84 Å². The lowest BCUT2D eigenvalue weighted by molar-refractivity contribution is 0.0916. The highest BCUT2D eigenvalue weighted by atomic mass is 35.5. The number of nitrogens with one attached hydrogen (secondary N) is 1. The van der Waals surface area contributed by atoms with Crippen LogP contribution in [0.5, 0.6) is 0 Å². The van der Waals surface area contributed by atoms with Gasteiger partial charge < -0.3 is 20.1 Å². The molecule has 0 aliphatic rings. The van der Waals surface area contributed by atoms with Crippen LogP contribution in [-0.4, -0.2) is 48.0 Å². The van der Waals surface area contributed by atoms with Gasteiger partial charge in [-0.05, 0) is 72.1 Å². The second-order valence-electron chi connectivity index (χ2n) is 8.92. The Morgan fingerprint density at radius 2 is 1.87 bits per heavy atom. The van der Waals surface area contributed by atoms with E-state index in [2.05, 4.69) is 5.32 Å². The second-order valence-corrected chi connectivity index (χ2v) is 11.0. The number of aliphatic hydroxyl groups is 2. The molecule has 1 heterocycles. The molecule has 9 heteroatoms. The molecule has 0 unspecified atom stereocenters. The van der Waals surface area contributed by atoms with Crippen LogP contribution in [-0.2, 0) is 22.8 Å². The number of aromatic nitrogens is 1. The summed E-state index contributed by atoms with van der Waals surface area (Å²) in [5.74, 6) is -0.499. The van der Waals surface area contributed by atoms with Crippen LogP contribution in [0.4, 0.5) is 0 Å². The van der Waals surface area contributed by atoms with Gasteiger partial charge in [0, 0.05) is 47.0 Å². The fraction of sp³-hybridized carbons (Fsp3) is 0.276. The first-order chi connectivity index (χ1) is 20.1. The van der Waals surface area contributed by atoms with Crippen LogP contribution in [0.2, 0.25) is 5.02 Å². The first-order valence-electron chi connectivity index (χ1n) is 14.3. The first kappa shape index (κ1) is 21.7. The highest BCUT2D eigenvalue weighted by molar-refractivity contribution is 7.91. The zero-order valence-electron chi connectivity index (χ0n) is 25.6. The number of benzene rings is 3. The largest absolute Gasteiger partial charge is 0.395 e. The molecule has 0 saturated carbocycles. The lowest BCUT2D eigenvalue weighted by Crippen LogP contribution is -2.30. The van der Waals surface area contributed by atoms with Crippen LogP contribution in [0.3, 0.4) is 0 Å². The average molecular weight is 560 g/mol. The Morgan fingerprint density at radius 3 is 2.53 bits per heavy atom.